The molecule has 1 aromatic carbocycles. The zero-order chi connectivity index (χ0) is 11.5. The van der Waals surface area contributed by atoms with Gasteiger partial charge in [-0.05, 0) is 24.5 Å². The van der Waals surface area contributed by atoms with Gasteiger partial charge in [0.15, 0.2) is 0 Å². The van der Waals surface area contributed by atoms with Crippen LogP contribution in [0.2, 0.25) is 0 Å². The second-order valence-electron chi connectivity index (χ2n) is 4.60. The zero-order valence-electron chi connectivity index (χ0n) is 9.81. The van der Waals surface area contributed by atoms with Crippen LogP contribution in [0, 0.1) is 5.92 Å². The molecule has 0 fully saturated rings. The molecule has 2 rings (SSSR count). The number of aliphatic hydroxyl groups excluding tert-OH is 1. The van der Waals surface area contributed by atoms with Gasteiger partial charge in [-0.1, -0.05) is 32.0 Å². The number of benzene rings is 1. The van der Waals surface area contributed by atoms with E-state index >= 15 is 0 Å². The monoisotopic (exact) mass is 218 g/mol. The van der Waals surface area contributed by atoms with Gasteiger partial charge in [0.05, 0.1) is 6.10 Å². The van der Waals surface area contributed by atoms with Gasteiger partial charge in [-0.2, -0.15) is 0 Å². The van der Waals surface area contributed by atoms with Gasteiger partial charge in [-0.3, -0.25) is 0 Å². The first-order valence-corrected chi connectivity index (χ1v) is 5.82. The van der Waals surface area contributed by atoms with Crippen molar-refractivity contribution < 1.29 is 9.52 Å². The molecule has 0 saturated heterocycles. The molecule has 0 spiro atoms. The highest BCUT2D eigenvalue weighted by atomic mass is 16.3. The number of rotatable bonds is 4. The fourth-order valence-corrected chi connectivity index (χ4v) is 1.78. The summed E-state index contributed by atoms with van der Waals surface area (Å²) in [5, 5.41) is 10.9. The first-order chi connectivity index (χ1) is 7.66. The molecule has 2 heteroatoms. The smallest absolute Gasteiger partial charge is 0.134 e. The third-order valence-electron chi connectivity index (χ3n) is 2.93. The van der Waals surface area contributed by atoms with E-state index in [1.807, 2.05) is 38.1 Å². The lowest BCUT2D eigenvalue weighted by Crippen LogP contribution is -2.15. The predicted molar refractivity (Wildman–Crippen MR) is 65.4 cm³/mol. The van der Waals surface area contributed by atoms with E-state index < -0.39 is 0 Å². The third-order valence-corrected chi connectivity index (χ3v) is 2.93. The van der Waals surface area contributed by atoms with Gasteiger partial charge in [0.1, 0.15) is 11.3 Å². The lowest BCUT2D eigenvalue weighted by molar-refractivity contribution is 0.115. The molecule has 86 valence electrons. The molecule has 0 bridgehead atoms. The minimum Gasteiger partial charge on any atom is -0.461 e. The Morgan fingerprint density at radius 3 is 2.69 bits per heavy atom. The Bertz CT molecular complexity index is 423. The van der Waals surface area contributed by atoms with Crippen LogP contribution in [0.15, 0.2) is 34.7 Å². The van der Waals surface area contributed by atoms with Crippen LogP contribution in [0.4, 0.5) is 0 Å². The molecule has 0 amide bonds. The van der Waals surface area contributed by atoms with E-state index in [-0.39, 0.29) is 6.10 Å². The standard InChI is InChI=1S/C14H18O2/c1-10(2)13(15)8-7-12-9-11-5-3-4-6-14(11)16-12/h3-6,9-10,13,15H,7-8H2,1-2H3. The summed E-state index contributed by atoms with van der Waals surface area (Å²) in [5.74, 6) is 1.27. The molecule has 1 unspecified atom stereocenters. The molecule has 2 nitrogen and oxygen atoms in total. The van der Waals surface area contributed by atoms with Crippen LogP contribution < -0.4 is 0 Å². The number of furan rings is 1. The minimum absolute atomic E-state index is 0.242. The number of hydrogen-bond donors (Lipinski definition) is 1. The molecule has 0 aliphatic heterocycles. The van der Waals surface area contributed by atoms with Crippen molar-refractivity contribution in [1.29, 1.82) is 0 Å². The average molecular weight is 218 g/mol. The normalized spacial score (nSPS) is 13.5. The van der Waals surface area contributed by atoms with E-state index in [9.17, 15) is 5.11 Å². The molecule has 1 N–H and O–H groups in total. The van der Waals surface area contributed by atoms with Crippen molar-refractivity contribution in [3.63, 3.8) is 0 Å². The SMILES string of the molecule is CC(C)C(O)CCc1cc2ccccc2o1. The summed E-state index contributed by atoms with van der Waals surface area (Å²) in [6.45, 7) is 4.06. The van der Waals surface area contributed by atoms with Crippen LogP contribution in [0.1, 0.15) is 26.0 Å². The van der Waals surface area contributed by atoms with E-state index in [0.29, 0.717) is 5.92 Å². The van der Waals surface area contributed by atoms with E-state index in [1.165, 1.54) is 0 Å². The summed E-state index contributed by atoms with van der Waals surface area (Å²) in [6.07, 6.45) is 1.32. The van der Waals surface area contributed by atoms with Gasteiger partial charge < -0.3 is 9.52 Å². The van der Waals surface area contributed by atoms with Crippen molar-refractivity contribution in [2.24, 2.45) is 5.92 Å². The van der Waals surface area contributed by atoms with Crippen molar-refractivity contribution in [3.05, 3.63) is 36.1 Å². The van der Waals surface area contributed by atoms with Crippen LogP contribution in [0.3, 0.4) is 0 Å². The Hall–Kier alpha value is -1.28. The van der Waals surface area contributed by atoms with E-state index in [4.69, 9.17) is 4.42 Å². The van der Waals surface area contributed by atoms with Gasteiger partial charge in [-0.25, -0.2) is 0 Å². The third kappa shape index (κ3) is 2.45. The van der Waals surface area contributed by atoms with Crippen LogP contribution >= 0.6 is 0 Å². The highest BCUT2D eigenvalue weighted by Crippen LogP contribution is 2.20. The summed E-state index contributed by atoms with van der Waals surface area (Å²) in [6, 6.07) is 10.0. The molecule has 1 heterocycles. The van der Waals surface area contributed by atoms with Gasteiger partial charge in [0, 0.05) is 11.8 Å². The maximum absolute atomic E-state index is 9.72. The summed E-state index contributed by atoms with van der Waals surface area (Å²) < 4.78 is 5.69. The largest absolute Gasteiger partial charge is 0.461 e. The molecule has 16 heavy (non-hydrogen) atoms. The fraction of sp³-hybridized carbons (Fsp3) is 0.429. The van der Waals surface area contributed by atoms with Crippen molar-refractivity contribution in [2.45, 2.75) is 32.8 Å². The Labute approximate surface area is 95.9 Å². The van der Waals surface area contributed by atoms with Gasteiger partial charge in [-0.15, -0.1) is 0 Å². The second kappa shape index (κ2) is 4.71. The molecule has 0 aliphatic rings. The van der Waals surface area contributed by atoms with Crippen LogP contribution in [-0.2, 0) is 6.42 Å². The molecule has 1 atom stereocenters. The molecule has 0 radical (unpaired) electrons. The first kappa shape index (κ1) is 11.2. The molecule has 2 aromatic rings. The van der Waals surface area contributed by atoms with E-state index in [1.54, 1.807) is 0 Å². The molecular formula is C14H18O2. The van der Waals surface area contributed by atoms with Crippen LogP contribution in [0.5, 0.6) is 0 Å². The highest BCUT2D eigenvalue weighted by molar-refractivity contribution is 5.77. The lowest BCUT2D eigenvalue weighted by atomic mass is 10.0. The summed E-state index contributed by atoms with van der Waals surface area (Å²) >= 11 is 0. The fourth-order valence-electron chi connectivity index (χ4n) is 1.78. The van der Waals surface area contributed by atoms with Crippen molar-refractivity contribution in [2.75, 3.05) is 0 Å². The van der Waals surface area contributed by atoms with Crippen molar-refractivity contribution in [3.8, 4) is 0 Å². The van der Waals surface area contributed by atoms with Gasteiger partial charge in [0.2, 0.25) is 0 Å². The second-order valence-corrected chi connectivity index (χ2v) is 4.60. The maximum atomic E-state index is 9.72. The zero-order valence-corrected chi connectivity index (χ0v) is 9.81. The summed E-state index contributed by atoms with van der Waals surface area (Å²) in [7, 11) is 0. The maximum Gasteiger partial charge on any atom is 0.134 e. The van der Waals surface area contributed by atoms with Crippen LogP contribution in [-0.4, -0.2) is 11.2 Å². The number of fused-ring (bicyclic) bond motifs is 1. The average Bonchev–Trinajstić information content (AvgIpc) is 2.68. The Morgan fingerprint density at radius 2 is 2.00 bits per heavy atom. The topological polar surface area (TPSA) is 33.4 Å². The van der Waals surface area contributed by atoms with Crippen LogP contribution in [0.25, 0.3) is 11.0 Å². The molecule has 0 saturated carbocycles. The van der Waals surface area contributed by atoms with Crippen molar-refractivity contribution in [1.82, 2.24) is 0 Å². The predicted octanol–water partition coefficient (Wildman–Crippen LogP) is 3.38. The Morgan fingerprint density at radius 1 is 1.25 bits per heavy atom. The Kier molecular flexibility index (Phi) is 3.30. The molecule has 0 aliphatic carbocycles. The quantitative estimate of drug-likeness (QED) is 0.853. The number of aliphatic hydroxyl groups is 1. The van der Waals surface area contributed by atoms with Crippen molar-refractivity contribution >= 4 is 11.0 Å². The Balaban J connectivity index is 2.05. The number of hydrogen-bond acceptors (Lipinski definition) is 2. The van der Waals surface area contributed by atoms with Gasteiger partial charge >= 0.3 is 0 Å². The summed E-state index contributed by atoms with van der Waals surface area (Å²) in [5.41, 5.74) is 0.927. The van der Waals surface area contributed by atoms with E-state index in [0.717, 1.165) is 29.6 Å². The van der Waals surface area contributed by atoms with E-state index in [2.05, 4.69) is 6.07 Å². The lowest BCUT2D eigenvalue weighted by Gasteiger charge is -2.12. The minimum atomic E-state index is -0.242. The highest BCUT2D eigenvalue weighted by Gasteiger charge is 2.10. The van der Waals surface area contributed by atoms with Gasteiger partial charge in [0.25, 0.3) is 0 Å². The summed E-state index contributed by atoms with van der Waals surface area (Å²) in [4.78, 5) is 0. The molecule has 1 aromatic heterocycles. The number of para-hydroxylation sites is 1. The number of aryl methyl sites for hydroxylation is 1. The first-order valence-electron chi connectivity index (χ1n) is 5.82. The molecular weight excluding hydrogens is 200 g/mol.